The van der Waals surface area contributed by atoms with Crippen molar-refractivity contribution in [1.82, 2.24) is 28.0 Å². The summed E-state index contributed by atoms with van der Waals surface area (Å²) in [5, 5.41) is 4.87. The number of aromatic nitrogens is 2. The third kappa shape index (κ3) is 9.75. The van der Waals surface area contributed by atoms with Crippen LogP contribution in [0.3, 0.4) is 0 Å². The number of nitrogens with one attached hydrogen (secondary N) is 1. The lowest BCUT2D eigenvalue weighted by atomic mass is 9.98. The van der Waals surface area contributed by atoms with Crippen LogP contribution >= 0.6 is 0 Å². The fourth-order valence-corrected chi connectivity index (χ4v) is 12.9. The van der Waals surface area contributed by atoms with Crippen LogP contribution < -0.4 is 5.32 Å². The maximum absolute atomic E-state index is 13.2. The second-order valence-electron chi connectivity index (χ2n) is 17.7. The van der Waals surface area contributed by atoms with Gasteiger partial charge in [0.2, 0.25) is 20.0 Å². The molecule has 0 aliphatic carbocycles. The number of hydrogen-bond acceptors (Lipinski definition) is 8. The largest absolute Gasteiger partial charge is 0.390 e. The third-order valence-electron chi connectivity index (χ3n) is 13.0. The van der Waals surface area contributed by atoms with Crippen LogP contribution in [0.15, 0.2) is 36.4 Å². The van der Waals surface area contributed by atoms with Crippen LogP contribution in [-0.4, -0.2) is 115 Å². The molecule has 0 saturated carbocycles. The molecule has 17 heteroatoms. The van der Waals surface area contributed by atoms with E-state index in [2.05, 4.69) is 19.2 Å². The van der Waals surface area contributed by atoms with Gasteiger partial charge >= 0.3 is 6.18 Å². The van der Waals surface area contributed by atoms with Gasteiger partial charge in [-0.3, -0.25) is 14.5 Å². The normalized spacial score (nSPS) is 18.4. The molecule has 62 heavy (non-hydrogen) atoms. The van der Waals surface area contributed by atoms with Gasteiger partial charge in [0.1, 0.15) is 0 Å². The second-order valence-corrected chi connectivity index (χ2v) is 21.6. The lowest BCUT2D eigenvalue weighted by Crippen LogP contribution is -2.37. The van der Waals surface area contributed by atoms with Crippen molar-refractivity contribution in [3.05, 3.63) is 70.0 Å². The van der Waals surface area contributed by atoms with Crippen molar-refractivity contribution in [3.63, 3.8) is 0 Å². The lowest BCUT2D eigenvalue weighted by molar-refractivity contribution is -0.138. The highest BCUT2D eigenvalue weighted by Crippen LogP contribution is 2.35. The summed E-state index contributed by atoms with van der Waals surface area (Å²) in [6.45, 7) is 12.9. The molecular weight excluding hydrogens is 842 g/mol. The summed E-state index contributed by atoms with van der Waals surface area (Å²) in [5.74, 6) is 1.32. The molecule has 2 fully saturated rings. The number of rotatable bonds is 10. The standard InChI is InChI=1S/C24H32F3N3O3S.C21H29N3O3S/c1-3-14-34(32,33)30-21-5-4-18(23(31)29-11-6-17(2)7-12-29)15-19(21)20-16-28(10-8-22(20)30)13-9-24(25,26)27;1-3-12-28(26,27)24-19-5-4-16(21(25)23-10-7-15(2)8-11-23)13-17(19)18-14-22-9-6-20(18)24/h4-5,15,17H,3,6-14,16H2,1-2H3;4-5,13,15,22H,3,6-12,14H2,1-2H3. The third-order valence-corrected chi connectivity index (χ3v) is 16.8. The SMILES string of the molecule is CCCS(=O)(=O)n1c2c(c3cc(C(=O)N4CCC(C)CC4)ccc31)CN(CCC(F)(F)F)CC2.CCCS(=O)(=O)n1c2c(c3cc(C(=O)N4CCC(C)CC4)ccc31)CNCC2. The molecule has 0 atom stereocenters. The number of piperidine rings is 2. The van der Waals surface area contributed by atoms with Gasteiger partial charge in [-0.1, -0.05) is 27.7 Å². The van der Waals surface area contributed by atoms with E-state index in [9.17, 15) is 39.6 Å². The zero-order chi connectivity index (χ0) is 44.6. The molecule has 0 spiro atoms. The Morgan fingerprint density at radius 2 is 1.16 bits per heavy atom. The van der Waals surface area contributed by atoms with Crippen LogP contribution in [0.25, 0.3) is 21.8 Å². The van der Waals surface area contributed by atoms with E-state index in [0.29, 0.717) is 103 Å². The van der Waals surface area contributed by atoms with Crippen LogP contribution in [0.5, 0.6) is 0 Å². The zero-order valence-electron chi connectivity index (χ0n) is 36.4. The molecule has 4 aromatic rings. The van der Waals surface area contributed by atoms with Crippen LogP contribution in [0.4, 0.5) is 13.2 Å². The number of likely N-dealkylation sites (tertiary alicyclic amines) is 2. The van der Waals surface area contributed by atoms with Gasteiger partial charge < -0.3 is 15.1 Å². The first-order chi connectivity index (χ1) is 29.4. The van der Waals surface area contributed by atoms with Crippen LogP contribution in [0.1, 0.15) is 116 Å². The molecular formula is C45H61F3N6O6S2. The first-order valence-electron chi connectivity index (χ1n) is 22.3. The molecule has 2 aromatic heterocycles. The minimum atomic E-state index is -4.25. The Labute approximate surface area is 363 Å². The van der Waals surface area contributed by atoms with E-state index < -0.39 is 32.6 Å². The highest BCUT2D eigenvalue weighted by Gasteiger charge is 2.34. The number of nitrogens with zero attached hydrogens (tertiary/aromatic N) is 5. The summed E-state index contributed by atoms with van der Waals surface area (Å²) in [5.41, 5.74) is 5.57. The summed E-state index contributed by atoms with van der Waals surface area (Å²) < 4.78 is 93.5. The highest BCUT2D eigenvalue weighted by molar-refractivity contribution is 7.90. The van der Waals surface area contributed by atoms with E-state index in [1.54, 1.807) is 40.1 Å². The molecule has 2 saturated heterocycles. The zero-order valence-corrected chi connectivity index (χ0v) is 38.0. The monoisotopic (exact) mass is 902 g/mol. The fourth-order valence-electron chi connectivity index (χ4n) is 9.49. The van der Waals surface area contributed by atoms with Crippen molar-refractivity contribution < 1.29 is 39.6 Å². The number of alkyl halides is 3. The molecule has 6 heterocycles. The van der Waals surface area contributed by atoms with E-state index in [4.69, 9.17) is 0 Å². The van der Waals surface area contributed by atoms with Crippen LogP contribution in [0.2, 0.25) is 0 Å². The van der Waals surface area contributed by atoms with Gasteiger partial charge in [0, 0.05) is 105 Å². The predicted molar refractivity (Wildman–Crippen MR) is 236 cm³/mol. The number of carbonyl (C=O) groups excluding carboxylic acids is 2. The number of hydrogen-bond donors (Lipinski definition) is 1. The van der Waals surface area contributed by atoms with Gasteiger partial charge in [-0.05, 0) is 97.9 Å². The lowest BCUT2D eigenvalue weighted by Gasteiger charge is -2.30. The Hall–Kier alpha value is -3.93. The molecule has 2 amide bonds. The minimum Gasteiger partial charge on any atom is -0.339 e. The van der Waals surface area contributed by atoms with Crippen molar-refractivity contribution in [2.75, 3.05) is 57.3 Å². The molecule has 0 radical (unpaired) electrons. The Morgan fingerprint density at radius 3 is 1.63 bits per heavy atom. The van der Waals surface area contributed by atoms with E-state index in [1.807, 2.05) is 28.9 Å². The number of amides is 2. The summed E-state index contributed by atoms with van der Waals surface area (Å²) >= 11 is 0. The van der Waals surface area contributed by atoms with Crippen molar-refractivity contribution in [3.8, 4) is 0 Å². The van der Waals surface area contributed by atoms with E-state index in [1.165, 1.54) is 3.97 Å². The van der Waals surface area contributed by atoms with Crippen molar-refractivity contribution >= 4 is 53.7 Å². The Morgan fingerprint density at radius 1 is 0.694 bits per heavy atom. The molecule has 2 aromatic carbocycles. The average molecular weight is 903 g/mol. The Kier molecular flexibility index (Phi) is 13.9. The summed E-state index contributed by atoms with van der Waals surface area (Å²) in [6, 6.07) is 10.6. The molecule has 0 bridgehead atoms. The summed E-state index contributed by atoms with van der Waals surface area (Å²) in [4.78, 5) is 31.6. The van der Waals surface area contributed by atoms with Gasteiger partial charge in [0.25, 0.3) is 11.8 Å². The first-order valence-corrected chi connectivity index (χ1v) is 25.5. The highest BCUT2D eigenvalue weighted by atomic mass is 32.2. The quantitative estimate of drug-likeness (QED) is 0.177. The maximum atomic E-state index is 13.2. The maximum Gasteiger partial charge on any atom is 0.390 e. The molecule has 4 aliphatic heterocycles. The van der Waals surface area contributed by atoms with Gasteiger partial charge in [-0.15, -0.1) is 0 Å². The molecule has 1 N–H and O–H groups in total. The predicted octanol–water partition coefficient (Wildman–Crippen LogP) is 7.16. The van der Waals surface area contributed by atoms with Gasteiger partial charge in [-0.25, -0.2) is 24.8 Å². The molecule has 0 unspecified atom stereocenters. The number of carbonyl (C=O) groups is 2. The van der Waals surface area contributed by atoms with Gasteiger partial charge in [-0.2, -0.15) is 13.2 Å². The Balaban J connectivity index is 0.000000190. The Bertz CT molecular complexity index is 2520. The van der Waals surface area contributed by atoms with Gasteiger partial charge in [0.15, 0.2) is 0 Å². The van der Waals surface area contributed by atoms with E-state index in [-0.39, 0.29) is 36.4 Å². The minimum absolute atomic E-state index is 0.0202. The summed E-state index contributed by atoms with van der Waals surface area (Å²) in [7, 11) is -7.03. The topological polar surface area (TPSA) is 134 Å². The van der Waals surface area contributed by atoms with Crippen LogP contribution in [0, 0.1) is 11.8 Å². The molecule has 8 rings (SSSR count). The average Bonchev–Trinajstić information content (AvgIpc) is 3.76. The number of fused-ring (bicyclic) bond motifs is 6. The van der Waals surface area contributed by atoms with E-state index in [0.717, 1.165) is 62.0 Å². The van der Waals surface area contributed by atoms with Crippen molar-refractivity contribution in [2.45, 2.75) is 105 Å². The van der Waals surface area contributed by atoms with Crippen molar-refractivity contribution in [2.24, 2.45) is 11.8 Å². The van der Waals surface area contributed by atoms with E-state index >= 15 is 0 Å². The van der Waals surface area contributed by atoms with Crippen molar-refractivity contribution in [1.29, 1.82) is 0 Å². The number of halogens is 3. The summed E-state index contributed by atoms with van der Waals surface area (Å²) in [6.07, 6.45) is 0.885. The van der Waals surface area contributed by atoms with Crippen LogP contribution in [-0.2, 0) is 46.0 Å². The first kappa shape index (κ1) is 46.1. The molecule has 340 valence electrons. The fraction of sp³-hybridized carbons (Fsp3) is 0.600. The number of benzene rings is 2. The molecule has 12 nitrogen and oxygen atoms in total. The smallest absolute Gasteiger partial charge is 0.339 e. The molecule has 4 aliphatic rings. The van der Waals surface area contributed by atoms with Gasteiger partial charge in [0.05, 0.1) is 29.0 Å². The second kappa shape index (κ2) is 18.7.